The van der Waals surface area contributed by atoms with E-state index < -0.39 is 18.0 Å². The Hall–Kier alpha value is -2.18. The molecule has 0 aliphatic heterocycles. The number of likely N-dealkylation sites (N-methyl/N-ethyl adjacent to an activating group) is 1. The average molecular weight is 267 g/mol. The van der Waals surface area contributed by atoms with Crippen LogP contribution in [0.3, 0.4) is 0 Å². The van der Waals surface area contributed by atoms with E-state index in [0.717, 1.165) is 0 Å². The van der Waals surface area contributed by atoms with Crippen LogP contribution in [0.5, 0.6) is 0 Å². The fourth-order valence-electron chi connectivity index (χ4n) is 1.69. The molecule has 0 aliphatic rings. The van der Waals surface area contributed by atoms with Crippen molar-refractivity contribution < 1.29 is 19.4 Å². The number of ether oxygens (including phenoxy) is 1. The molecule has 0 amide bonds. The van der Waals surface area contributed by atoms with E-state index >= 15 is 0 Å². The van der Waals surface area contributed by atoms with E-state index in [4.69, 9.17) is 5.11 Å². The van der Waals surface area contributed by atoms with Crippen molar-refractivity contribution in [1.29, 1.82) is 0 Å². The summed E-state index contributed by atoms with van der Waals surface area (Å²) >= 11 is 0. The predicted octanol–water partition coefficient (Wildman–Crippen LogP) is 0.871. The van der Waals surface area contributed by atoms with Crippen LogP contribution in [0.1, 0.15) is 29.7 Å². The summed E-state index contributed by atoms with van der Waals surface area (Å²) in [6.45, 7) is 3.47. The molecule has 19 heavy (non-hydrogen) atoms. The molecule has 0 fully saturated rings. The fraction of sp³-hybridized carbons (Fsp3) is 0.500. The minimum atomic E-state index is -0.944. The number of esters is 1. The molecule has 104 valence electrons. The third-order valence-corrected chi connectivity index (χ3v) is 2.71. The first kappa shape index (κ1) is 14.9. The molecule has 1 atom stereocenters. The van der Waals surface area contributed by atoms with Gasteiger partial charge in [-0.15, -0.1) is 0 Å². The Morgan fingerprint density at radius 1 is 1.47 bits per heavy atom. The van der Waals surface area contributed by atoms with Gasteiger partial charge in [0.05, 0.1) is 7.11 Å². The van der Waals surface area contributed by atoms with E-state index in [1.807, 2.05) is 0 Å². The molecule has 1 aromatic heterocycles. The maximum absolute atomic E-state index is 11.4. The molecule has 7 heteroatoms. The van der Waals surface area contributed by atoms with E-state index in [0.29, 0.717) is 17.9 Å². The number of carboxylic acids is 1. The van der Waals surface area contributed by atoms with E-state index in [1.54, 1.807) is 27.0 Å². The summed E-state index contributed by atoms with van der Waals surface area (Å²) in [5.41, 5.74) is 0.567. The summed E-state index contributed by atoms with van der Waals surface area (Å²) in [5.74, 6) is -1.30. The first-order valence-corrected chi connectivity index (χ1v) is 5.80. The molecule has 0 saturated carbocycles. The summed E-state index contributed by atoms with van der Waals surface area (Å²) in [6, 6.07) is 0.915. The van der Waals surface area contributed by atoms with Crippen LogP contribution in [0.15, 0.2) is 6.07 Å². The number of carbonyl (C=O) groups excluding carboxylic acids is 1. The van der Waals surface area contributed by atoms with E-state index in [9.17, 15) is 9.59 Å². The number of aryl methyl sites for hydroxylation is 1. The van der Waals surface area contributed by atoms with Crippen molar-refractivity contribution >= 4 is 17.8 Å². The number of hydrogen-bond acceptors (Lipinski definition) is 6. The molecule has 0 spiro atoms. The molecule has 1 heterocycles. The zero-order valence-electron chi connectivity index (χ0n) is 11.4. The van der Waals surface area contributed by atoms with Crippen LogP contribution in [0.25, 0.3) is 0 Å². The molecule has 0 saturated heterocycles. The SMILES string of the molecule is CCC(C(=O)O)N(C)c1cc(C)nc(C(=O)OC)n1. The number of methoxy groups -OCH3 is 1. The van der Waals surface area contributed by atoms with Gasteiger partial charge in [-0.05, 0) is 13.3 Å². The number of nitrogens with zero attached hydrogens (tertiary/aromatic N) is 3. The molecule has 0 bridgehead atoms. The van der Waals surface area contributed by atoms with Crippen LogP contribution >= 0.6 is 0 Å². The summed E-state index contributed by atoms with van der Waals surface area (Å²) < 4.78 is 4.56. The van der Waals surface area contributed by atoms with Crippen LogP contribution in [0.4, 0.5) is 5.82 Å². The van der Waals surface area contributed by atoms with Gasteiger partial charge in [-0.25, -0.2) is 19.6 Å². The third kappa shape index (κ3) is 3.40. The van der Waals surface area contributed by atoms with Crippen molar-refractivity contribution in [3.8, 4) is 0 Å². The van der Waals surface area contributed by atoms with Crippen molar-refractivity contribution in [2.24, 2.45) is 0 Å². The first-order chi connectivity index (χ1) is 8.90. The molecule has 7 nitrogen and oxygen atoms in total. The van der Waals surface area contributed by atoms with Gasteiger partial charge < -0.3 is 14.7 Å². The number of carboxylic acid groups (broad SMARTS) is 1. The molecule has 1 N–H and O–H groups in total. The molecule has 1 unspecified atom stereocenters. The smallest absolute Gasteiger partial charge is 0.376 e. The van der Waals surface area contributed by atoms with Crippen molar-refractivity contribution in [2.75, 3.05) is 19.1 Å². The second-order valence-corrected chi connectivity index (χ2v) is 4.06. The van der Waals surface area contributed by atoms with Gasteiger partial charge in [0, 0.05) is 18.8 Å². The summed E-state index contributed by atoms with van der Waals surface area (Å²) in [6.07, 6.45) is 0.419. The van der Waals surface area contributed by atoms with E-state index in [1.165, 1.54) is 12.0 Å². The first-order valence-electron chi connectivity index (χ1n) is 5.80. The molecule has 1 aromatic rings. The highest BCUT2D eigenvalue weighted by atomic mass is 16.5. The monoisotopic (exact) mass is 267 g/mol. The Bertz CT molecular complexity index is 490. The number of aliphatic carboxylic acids is 1. The van der Waals surface area contributed by atoms with Crippen LogP contribution < -0.4 is 4.90 Å². The summed E-state index contributed by atoms with van der Waals surface area (Å²) in [5, 5.41) is 9.12. The largest absolute Gasteiger partial charge is 0.480 e. The van der Waals surface area contributed by atoms with E-state index in [2.05, 4.69) is 14.7 Å². The number of rotatable bonds is 5. The highest BCUT2D eigenvalue weighted by Crippen LogP contribution is 2.16. The summed E-state index contributed by atoms with van der Waals surface area (Å²) in [7, 11) is 2.86. The number of anilines is 1. The van der Waals surface area contributed by atoms with Gasteiger partial charge in [0.2, 0.25) is 5.82 Å². The van der Waals surface area contributed by atoms with Gasteiger partial charge in [0.15, 0.2) is 0 Å². The molecule has 0 aromatic carbocycles. The second kappa shape index (κ2) is 6.12. The van der Waals surface area contributed by atoms with Crippen molar-refractivity contribution in [2.45, 2.75) is 26.3 Å². The lowest BCUT2D eigenvalue weighted by atomic mass is 10.2. The second-order valence-electron chi connectivity index (χ2n) is 4.06. The number of aromatic nitrogens is 2. The topological polar surface area (TPSA) is 92.6 Å². The van der Waals surface area contributed by atoms with Gasteiger partial charge >= 0.3 is 11.9 Å². The standard InChI is InChI=1S/C12H17N3O4/c1-5-8(11(16)17)15(3)9-6-7(2)13-10(14-9)12(18)19-4/h6,8H,5H2,1-4H3,(H,16,17). The van der Waals surface area contributed by atoms with E-state index in [-0.39, 0.29) is 5.82 Å². The molecule has 1 rings (SSSR count). The van der Waals surface area contributed by atoms with Crippen molar-refractivity contribution in [3.63, 3.8) is 0 Å². The van der Waals surface area contributed by atoms with Gasteiger partial charge in [-0.3, -0.25) is 0 Å². The number of hydrogen-bond donors (Lipinski definition) is 1. The highest BCUT2D eigenvalue weighted by Gasteiger charge is 2.23. The lowest BCUT2D eigenvalue weighted by Crippen LogP contribution is -2.38. The average Bonchev–Trinajstić information content (AvgIpc) is 2.37. The third-order valence-electron chi connectivity index (χ3n) is 2.71. The Morgan fingerprint density at radius 2 is 2.11 bits per heavy atom. The van der Waals surface area contributed by atoms with Gasteiger partial charge in [0.1, 0.15) is 11.9 Å². The van der Waals surface area contributed by atoms with Gasteiger partial charge in [-0.2, -0.15) is 0 Å². The normalized spacial score (nSPS) is 11.8. The van der Waals surface area contributed by atoms with Crippen LogP contribution in [0.2, 0.25) is 0 Å². The zero-order chi connectivity index (χ0) is 14.6. The lowest BCUT2D eigenvalue weighted by Gasteiger charge is -2.25. The van der Waals surface area contributed by atoms with Crippen LogP contribution in [0, 0.1) is 6.92 Å². The molecule has 0 radical (unpaired) electrons. The molecular formula is C12H17N3O4. The minimum Gasteiger partial charge on any atom is -0.480 e. The molecule has 0 aliphatic carbocycles. The van der Waals surface area contributed by atoms with Gasteiger partial charge in [-0.1, -0.05) is 6.92 Å². The van der Waals surface area contributed by atoms with Crippen LogP contribution in [-0.4, -0.2) is 47.2 Å². The lowest BCUT2D eigenvalue weighted by molar-refractivity contribution is -0.138. The van der Waals surface area contributed by atoms with Gasteiger partial charge in [0.25, 0.3) is 0 Å². The summed E-state index contributed by atoms with van der Waals surface area (Å²) in [4.78, 5) is 32.1. The fourth-order valence-corrected chi connectivity index (χ4v) is 1.69. The predicted molar refractivity (Wildman–Crippen MR) is 68.2 cm³/mol. The maximum atomic E-state index is 11.4. The Labute approximate surface area is 111 Å². The zero-order valence-corrected chi connectivity index (χ0v) is 11.4. The minimum absolute atomic E-state index is 0.0791. The maximum Gasteiger partial charge on any atom is 0.376 e. The Morgan fingerprint density at radius 3 is 2.58 bits per heavy atom. The molecular weight excluding hydrogens is 250 g/mol. The Balaban J connectivity index is 3.16. The number of carbonyl (C=O) groups is 2. The Kier molecular flexibility index (Phi) is 4.80. The quantitative estimate of drug-likeness (QED) is 0.791. The van der Waals surface area contributed by atoms with Crippen molar-refractivity contribution in [3.05, 3.63) is 17.6 Å². The highest BCUT2D eigenvalue weighted by molar-refractivity contribution is 5.85. The van der Waals surface area contributed by atoms with Crippen molar-refractivity contribution in [1.82, 2.24) is 9.97 Å². The van der Waals surface area contributed by atoms with Crippen LogP contribution in [-0.2, 0) is 9.53 Å².